The Balaban J connectivity index is 1.40. The van der Waals surface area contributed by atoms with E-state index in [1.807, 2.05) is 10.6 Å². The number of aromatic nitrogens is 4. The van der Waals surface area contributed by atoms with Gasteiger partial charge in [0.05, 0.1) is 9.61 Å². The molecule has 5 rings (SSSR count). The molecule has 1 aliphatic heterocycles. The van der Waals surface area contributed by atoms with E-state index in [4.69, 9.17) is 4.98 Å². The van der Waals surface area contributed by atoms with Gasteiger partial charge in [0.15, 0.2) is 5.65 Å². The van der Waals surface area contributed by atoms with Crippen LogP contribution in [0.1, 0.15) is 43.9 Å². The quantitative estimate of drug-likeness (QED) is 0.387. The summed E-state index contributed by atoms with van der Waals surface area (Å²) in [6, 6.07) is 8.80. The summed E-state index contributed by atoms with van der Waals surface area (Å²) in [4.78, 5) is 7.03. The van der Waals surface area contributed by atoms with Crippen molar-refractivity contribution in [1.82, 2.24) is 24.3 Å². The topological polar surface area (TPSA) is 81.4 Å². The fourth-order valence-electron chi connectivity index (χ4n) is 5.09. The maximum Gasteiger partial charge on any atom is 0.212 e. The van der Waals surface area contributed by atoms with Gasteiger partial charge in [-0.1, -0.05) is 38.1 Å². The molecular formula is C22H27IN6OS. The largest absolute Gasteiger partial charge is 0.598 e. The van der Waals surface area contributed by atoms with Crippen LogP contribution in [0.3, 0.4) is 0 Å². The van der Waals surface area contributed by atoms with Gasteiger partial charge in [0.2, 0.25) is 5.95 Å². The number of anilines is 1. The van der Waals surface area contributed by atoms with Crippen molar-refractivity contribution in [3.05, 3.63) is 51.5 Å². The Morgan fingerprint density at radius 2 is 2.06 bits per heavy atom. The second-order valence-electron chi connectivity index (χ2n) is 9.11. The molecular weight excluding hydrogens is 523 g/mol. The van der Waals surface area contributed by atoms with E-state index in [2.05, 4.69) is 80.5 Å². The number of nitrogens with zero attached hydrogens (tertiary/aromatic N) is 5. The van der Waals surface area contributed by atoms with Crippen molar-refractivity contribution < 1.29 is 4.55 Å². The number of hydrogen-bond acceptors (Lipinski definition) is 6. The predicted molar refractivity (Wildman–Crippen MR) is 131 cm³/mol. The molecule has 1 aromatic carbocycles. The molecule has 3 heterocycles. The lowest BCUT2D eigenvalue weighted by molar-refractivity contribution is 0.176. The zero-order chi connectivity index (χ0) is 21.6. The van der Waals surface area contributed by atoms with E-state index in [0.717, 1.165) is 47.5 Å². The van der Waals surface area contributed by atoms with Crippen LogP contribution in [0.15, 0.2) is 36.8 Å². The van der Waals surface area contributed by atoms with Crippen molar-refractivity contribution in [2.45, 2.75) is 39.2 Å². The summed E-state index contributed by atoms with van der Waals surface area (Å²) >= 11 is 1.22. The molecule has 2 aliphatic rings. The van der Waals surface area contributed by atoms with E-state index < -0.39 is 11.4 Å². The minimum absolute atomic E-state index is 0.0856. The zero-order valence-corrected chi connectivity index (χ0v) is 20.8. The van der Waals surface area contributed by atoms with Gasteiger partial charge < -0.3 is 9.45 Å². The lowest BCUT2D eigenvalue weighted by atomic mass is 9.73. The highest BCUT2D eigenvalue weighted by atomic mass is 127. The summed E-state index contributed by atoms with van der Waals surface area (Å²) < 4.78 is 19.3. The molecule has 1 fully saturated rings. The lowest BCUT2D eigenvalue weighted by Gasteiger charge is -2.43. The first-order chi connectivity index (χ1) is 15.0. The molecule has 2 atom stereocenters. The Morgan fingerprint density at radius 1 is 1.29 bits per heavy atom. The number of fused-ring (bicyclic) bond motifs is 2. The first-order valence-electron chi connectivity index (χ1n) is 10.8. The van der Waals surface area contributed by atoms with Gasteiger partial charge in [-0.15, -0.1) is 14.9 Å². The van der Waals surface area contributed by atoms with E-state index in [9.17, 15) is 4.55 Å². The molecule has 0 radical (unpaired) electrons. The highest BCUT2D eigenvalue weighted by Gasteiger charge is 2.49. The molecule has 1 aliphatic carbocycles. The highest BCUT2D eigenvalue weighted by Crippen LogP contribution is 2.52. The van der Waals surface area contributed by atoms with E-state index in [1.165, 1.54) is 11.1 Å². The third kappa shape index (κ3) is 3.94. The van der Waals surface area contributed by atoms with Gasteiger partial charge in [-0.3, -0.25) is 4.40 Å². The Kier molecular flexibility index (Phi) is 5.87. The normalized spacial score (nSPS) is 21.2. The number of hydrogen-bond donors (Lipinski definition) is 1. The SMILES string of the molecule is CC(C)C[S+]([O-])N[C@@H]1c2ccccc2CC12CCN(c1ncc(I)c3nncn13)CC2. The molecule has 3 aromatic rings. The number of piperidine rings is 1. The van der Waals surface area contributed by atoms with Crippen molar-refractivity contribution in [3.8, 4) is 0 Å². The Hall–Kier alpha value is -1.43. The van der Waals surface area contributed by atoms with Gasteiger partial charge in [-0.2, -0.15) is 0 Å². The first kappa shape index (κ1) is 21.4. The minimum Gasteiger partial charge on any atom is -0.598 e. The van der Waals surface area contributed by atoms with Gasteiger partial charge in [0.1, 0.15) is 12.1 Å². The predicted octanol–water partition coefficient (Wildman–Crippen LogP) is 3.52. The average Bonchev–Trinajstić information content (AvgIpc) is 3.34. The molecule has 0 saturated carbocycles. The van der Waals surface area contributed by atoms with E-state index in [0.29, 0.717) is 11.7 Å². The standard InChI is InChI=1S/C22H27IN6OS/c1-15(2)13-31(30)27-19-17-6-4-3-5-16(17)11-22(19)7-9-28(10-8-22)21-24-12-18(23)20-26-25-14-29(20)21/h3-6,12,14-15,19,27H,7-11,13H2,1-2H3/t19-,31?/m1/s1. The number of nitrogens with one attached hydrogen (secondary N) is 1. The summed E-state index contributed by atoms with van der Waals surface area (Å²) in [6.45, 7) is 6.06. The Bertz CT molecular complexity index is 1080. The van der Waals surface area contributed by atoms with Gasteiger partial charge in [-0.25, -0.2) is 4.98 Å². The van der Waals surface area contributed by atoms with Crippen LogP contribution >= 0.6 is 22.6 Å². The van der Waals surface area contributed by atoms with Crippen LogP contribution in [0.2, 0.25) is 0 Å². The minimum atomic E-state index is -1.03. The van der Waals surface area contributed by atoms with Gasteiger partial charge in [-0.05, 0) is 58.9 Å². The van der Waals surface area contributed by atoms with Crippen LogP contribution < -0.4 is 9.62 Å². The number of benzene rings is 1. The maximum absolute atomic E-state index is 12.8. The summed E-state index contributed by atoms with van der Waals surface area (Å²) in [7, 11) is 0. The molecule has 0 bridgehead atoms. The van der Waals surface area contributed by atoms with Crippen LogP contribution in [0.5, 0.6) is 0 Å². The maximum atomic E-state index is 12.8. The van der Waals surface area contributed by atoms with Crippen molar-refractivity contribution in [1.29, 1.82) is 0 Å². The monoisotopic (exact) mass is 550 g/mol. The zero-order valence-electron chi connectivity index (χ0n) is 17.8. The lowest BCUT2D eigenvalue weighted by Crippen LogP contribution is -2.48. The van der Waals surface area contributed by atoms with Crippen molar-refractivity contribution in [3.63, 3.8) is 0 Å². The second kappa shape index (κ2) is 8.49. The highest BCUT2D eigenvalue weighted by molar-refractivity contribution is 14.1. The van der Waals surface area contributed by atoms with Crippen LogP contribution in [-0.4, -0.2) is 43.0 Å². The molecule has 31 heavy (non-hydrogen) atoms. The summed E-state index contributed by atoms with van der Waals surface area (Å²) in [6.07, 6.45) is 6.70. The van der Waals surface area contributed by atoms with Crippen LogP contribution in [0.4, 0.5) is 5.95 Å². The van der Waals surface area contributed by atoms with Crippen molar-refractivity contribution in [2.75, 3.05) is 23.7 Å². The molecule has 1 N–H and O–H groups in total. The van der Waals surface area contributed by atoms with Crippen LogP contribution in [0, 0.1) is 14.9 Å². The van der Waals surface area contributed by atoms with Crippen molar-refractivity contribution >= 4 is 45.5 Å². The Labute approximate surface area is 199 Å². The molecule has 7 nitrogen and oxygen atoms in total. The number of rotatable bonds is 5. The summed E-state index contributed by atoms with van der Waals surface area (Å²) in [5.74, 6) is 1.98. The van der Waals surface area contributed by atoms with Gasteiger partial charge in [0, 0.05) is 36.1 Å². The molecule has 1 spiro atoms. The van der Waals surface area contributed by atoms with E-state index >= 15 is 0 Å². The smallest absolute Gasteiger partial charge is 0.212 e. The molecule has 0 amide bonds. The Morgan fingerprint density at radius 3 is 2.84 bits per heavy atom. The van der Waals surface area contributed by atoms with Gasteiger partial charge >= 0.3 is 0 Å². The molecule has 164 valence electrons. The molecule has 1 saturated heterocycles. The first-order valence-corrected chi connectivity index (χ1v) is 13.2. The van der Waals surface area contributed by atoms with Crippen LogP contribution in [-0.2, 0) is 17.8 Å². The van der Waals surface area contributed by atoms with Crippen LogP contribution in [0.25, 0.3) is 5.65 Å². The second-order valence-corrected chi connectivity index (χ2v) is 11.5. The third-order valence-electron chi connectivity index (χ3n) is 6.57. The fourth-order valence-corrected chi connectivity index (χ4v) is 6.94. The molecule has 2 aromatic heterocycles. The van der Waals surface area contributed by atoms with Gasteiger partial charge in [0.25, 0.3) is 0 Å². The fraction of sp³-hybridized carbons (Fsp3) is 0.500. The number of halogens is 1. The summed E-state index contributed by atoms with van der Waals surface area (Å²) in [5, 5.41) is 8.32. The van der Waals surface area contributed by atoms with E-state index in [1.54, 1.807) is 6.33 Å². The summed E-state index contributed by atoms with van der Waals surface area (Å²) in [5.41, 5.74) is 3.65. The van der Waals surface area contributed by atoms with Crippen molar-refractivity contribution in [2.24, 2.45) is 11.3 Å². The molecule has 9 heteroatoms. The van der Waals surface area contributed by atoms with E-state index in [-0.39, 0.29) is 11.5 Å². The third-order valence-corrected chi connectivity index (χ3v) is 8.80. The average molecular weight is 550 g/mol. The molecule has 1 unspecified atom stereocenters.